The van der Waals surface area contributed by atoms with Crippen LogP contribution in [0.4, 0.5) is 0 Å². The smallest absolute Gasteiger partial charge is 0.252 e. The Morgan fingerprint density at radius 2 is 2.36 bits per heavy atom. The minimum Gasteiger partial charge on any atom is -0.345 e. The van der Waals surface area contributed by atoms with E-state index >= 15 is 0 Å². The summed E-state index contributed by atoms with van der Waals surface area (Å²) in [6.07, 6.45) is 1.47. The summed E-state index contributed by atoms with van der Waals surface area (Å²) in [5.41, 5.74) is 1.81. The van der Waals surface area contributed by atoms with Gasteiger partial charge in [-0.25, -0.2) is 4.98 Å². The fraction of sp³-hybridized carbons (Fsp3) is 0. The number of halogens is 1. The van der Waals surface area contributed by atoms with Crippen molar-refractivity contribution in [2.24, 2.45) is 0 Å². The molecular weight excluding hydrogens is 202 g/mol. The van der Waals surface area contributed by atoms with Gasteiger partial charge < -0.3 is 4.98 Å². The lowest BCUT2D eigenvalue weighted by atomic mass is 10.1. The van der Waals surface area contributed by atoms with Gasteiger partial charge in [-0.1, -0.05) is 0 Å². The quantitative estimate of drug-likeness (QED) is 0.722. The van der Waals surface area contributed by atoms with Crippen LogP contribution in [0.15, 0.2) is 18.5 Å². The number of aromatic amines is 1. The predicted molar refractivity (Wildman–Crippen MR) is 51.0 cm³/mol. The number of H-pyrrole nitrogens is 1. The number of carbonyl (C=O) groups excluding carboxylic acids is 1. The minimum atomic E-state index is -0.585. The number of hydrogen-bond acceptors (Lipinski definition) is 3. The van der Waals surface area contributed by atoms with Gasteiger partial charge in [0.15, 0.2) is 0 Å². The van der Waals surface area contributed by atoms with Gasteiger partial charge in [0.25, 0.3) is 5.24 Å². The van der Waals surface area contributed by atoms with Crippen LogP contribution in [-0.2, 0) is 0 Å². The third kappa shape index (κ3) is 1.24. The van der Waals surface area contributed by atoms with Gasteiger partial charge in [-0.05, 0) is 23.7 Å². The molecule has 4 nitrogen and oxygen atoms in total. The summed E-state index contributed by atoms with van der Waals surface area (Å²) in [6, 6.07) is 4.96. The van der Waals surface area contributed by atoms with Crippen molar-refractivity contribution in [2.45, 2.75) is 0 Å². The lowest BCUT2D eigenvalue weighted by Crippen LogP contribution is -1.91. The molecule has 1 heterocycles. The van der Waals surface area contributed by atoms with Crippen molar-refractivity contribution in [2.75, 3.05) is 0 Å². The molecule has 0 fully saturated rings. The maximum absolute atomic E-state index is 10.9. The van der Waals surface area contributed by atoms with Gasteiger partial charge in [0.05, 0.1) is 17.4 Å². The van der Waals surface area contributed by atoms with Crippen LogP contribution in [0, 0.1) is 11.3 Å². The summed E-state index contributed by atoms with van der Waals surface area (Å²) >= 11 is 5.32. The van der Waals surface area contributed by atoms with Crippen molar-refractivity contribution in [3.63, 3.8) is 0 Å². The van der Waals surface area contributed by atoms with E-state index in [2.05, 4.69) is 9.97 Å². The second-order valence-corrected chi connectivity index (χ2v) is 3.05. The number of benzene rings is 1. The van der Waals surface area contributed by atoms with E-state index in [9.17, 15) is 4.79 Å². The highest BCUT2D eigenvalue weighted by molar-refractivity contribution is 6.67. The molecule has 5 heteroatoms. The second-order valence-electron chi connectivity index (χ2n) is 2.71. The molecule has 0 aliphatic heterocycles. The zero-order chi connectivity index (χ0) is 10.1. The van der Waals surface area contributed by atoms with E-state index in [0.29, 0.717) is 22.2 Å². The summed E-state index contributed by atoms with van der Waals surface area (Å²) in [7, 11) is 0. The molecule has 0 radical (unpaired) electrons. The number of nitriles is 1. The topological polar surface area (TPSA) is 69.5 Å². The number of hydrogen-bond donors (Lipinski definition) is 1. The monoisotopic (exact) mass is 205 g/mol. The molecule has 2 rings (SSSR count). The van der Waals surface area contributed by atoms with E-state index in [-0.39, 0.29) is 0 Å². The first-order valence-electron chi connectivity index (χ1n) is 3.79. The summed E-state index contributed by atoms with van der Waals surface area (Å²) < 4.78 is 0. The fourth-order valence-electron chi connectivity index (χ4n) is 1.25. The van der Waals surface area contributed by atoms with Crippen LogP contribution >= 0.6 is 11.6 Å². The highest BCUT2D eigenvalue weighted by atomic mass is 35.5. The standard InChI is InChI=1S/C9H4ClN3O/c10-9(14)5-1-6(3-11)8-7(2-5)12-4-13-8/h1-2,4H,(H,12,13). The molecule has 0 unspecified atom stereocenters. The maximum Gasteiger partial charge on any atom is 0.252 e. The van der Waals surface area contributed by atoms with E-state index < -0.39 is 5.24 Å². The summed E-state index contributed by atoms with van der Waals surface area (Å²) in [5, 5.41) is 8.22. The van der Waals surface area contributed by atoms with Gasteiger partial charge in [0.1, 0.15) is 11.6 Å². The number of fused-ring (bicyclic) bond motifs is 1. The van der Waals surface area contributed by atoms with Crippen molar-refractivity contribution < 1.29 is 4.79 Å². The molecule has 68 valence electrons. The van der Waals surface area contributed by atoms with Crippen LogP contribution in [0.1, 0.15) is 15.9 Å². The predicted octanol–water partition coefficient (Wildman–Crippen LogP) is 1.81. The van der Waals surface area contributed by atoms with Gasteiger partial charge in [-0.2, -0.15) is 5.26 Å². The molecule has 0 aliphatic rings. The third-order valence-electron chi connectivity index (χ3n) is 1.87. The number of carbonyl (C=O) groups is 1. The molecule has 14 heavy (non-hydrogen) atoms. The van der Waals surface area contributed by atoms with E-state index in [1.807, 2.05) is 6.07 Å². The highest BCUT2D eigenvalue weighted by Gasteiger charge is 2.09. The molecule has 0 aliphatic carbocycles. The number of aromatic nitrogens is 2. The SMILES string of the molecule is N#Cc1cc(C(=O)Cl)cc2[nH]cnc12. The first-order chi connectivity index (χ1) is 6.72. The summed E-state index contributed by atoms with van der Waals surface area (Å²) in [4.78, 5) is 17.7. The Balaban J connectivity index is 2.82. The molecular formula is C9H4ClN3O. The van der Waals surface area contributed by atoms with Gasteiger partial charge in [-0.3, -0.25) is 4.79 Å². The van der Waals surface area contributed by atoms with Crippen molar-refractivity contribution in [3.8, 4) is 6.07 Å². The second kappa shape index (κ2) is 3.13. The Bertz CT molecular complexity index is 553. The summed E-state index contributed by atoms with van der Waals surface area (Å²) in [5.74, 6) is 0. The summed E-state index contributed by atoms with van der Waals surface area (Å²) in [6.45, 7) is 0. The number of rotatable bonds is 1. The average molecular weight is 206 g/mol. The Morgan fingerprint density at radius 3 is 3.00 bits per heavy atom. The molecule has 0 amide bonds. The van der Waals surface area contributed by atoms with Crippen molar-refractivity contribution in [3.05, 3.63) is 29.6 Å². The first-order valence-corrected chi connectivity index (χ1v) is 4.17. The van der Waals surface area contributed by atoms with E-state index in [1.54, 1.807) is 6.07 Å². The van der Waals surface area contributed by atoms with E-state index in [1.165, 1.54) is 12.4 Å². The zero-order valence-corrected chi connectivity index (χ0v) is 7.67. The largest absolute Gasteiger partial charge is 0.345 e. The Labute approximate surface area is 84.1 Å². The van der Waals surface area contributed by atoms with Gasteiger partial charge in [-0.15, -0.1) is 0 Å². The number of nitrogens with zero attached hydrogens (tertiary/aromatic N) is 2. The molecule has 1 aromatic heterocycles. The molecule has 0 saturated heterocycles. The van der Waals surface area contributed by atoms with Crippen LogP contribution in [-0.4, -0.2) is 15.2 Å². The Morgan fingerprint density at radius 1 is 1.57 bits per heavy atom. The van der Waals surface area contributed by atoms with Gasteiger partial charge in [0.2, 0.25) is 0 Å². The van der Waals surface area contributed by atoms with Crippen LogP contribution in [0.3, 0.4) is 0 Å². The van der Waals surface area contributed by atoms with Crippen molar-refractivity contribution in [1.82, 2.24) is 9.97 Å². The highest BCUT2D eigenvalue weighted by Crippen LogP contribution is 2.18. The first kappa shape index (κ1) is 8.73. The van der Waals surface area contributed by atoms with E-state index in [4.69, 9.17) is 16.9 Å². The lowest BCUT2D eigenvalue weighted by Gasteiger charge is -1.95. The maximum atomic E-state index is 10.9. The fourth-order valence-corrected chi connectivity index (χ4v) is 1.36. The molecule has 0 bridgehead atoms. The van der Waals surface area contributed by atoms with Crippen LogP contribution < -0.4 is 0 Å². The molecule has 0 atom stereocenters. The minimum absolute atomic E-state index is 0.292. The Hall–Kier alpha value is -1.86. The Kier molecular flexibility index (Phi) is 1.95. The molecule has 2 aromatic rings. The van der Waals surface area contributed by atoms with Crippen molar-refractivity contribution >= 4 is 27.9 Å². The van der Waals surface area contributed by atoms with Crippen LogP contribution in [0.2, 0.25) is 0 Å². The average Bonchev–Trinajstić information content (AvgIpc) is 2.63. The van der Waals surface area contributed by atoms with Gasteiger partial charge >= 0.3 is 0 Å². The van der Waals surface area contributed by atoms with E-state index in [0.717, 1.165) is 0 Å². The molecule has 1 N–H and O–H groups in total. The van der Waals surface area contributed by atoms with Crippen LogP contribution in [0.25, 0.3) is 11.0 Å². The normalized spacial score (nSPS) is 10.0. The number of imidazole rings is 1. The van der Waals surface area contributed by atoms with Gasteiger partial charge in [0, 0.05) is 5.56 Å². The lowest BCUT2D eigenvalue weighted by molar-refractivity contribution is 0.108. The van der Waals surface area contributed by atoms with Crippen molar-refractivity contribution in [1.29, 1.82) is 5.26 Å². The molecule has 1 aromatic carbocycles. The van der Waals surface area contributed by atoms with Crippen LogP contribution in [0.5, 0.6) is 0 Å². The third-order valence-corrected chi connectivity index (χ3v) is 2.09. The molecule has 0 saturated carbocycles. The zero-order valence-electron chi connectivity index (χ0n) is 6.91. The molecule has 0 spiro atoms. The number of nitrogens with one attached hydrogen (secondary N) is 1.